The van der Waals surface area contributed by atoms with Gasteiger partial charge in [0, 0.05) is 25.3 Å². The van der Waals surface area contributed by atoms with Crippen LogP contribution in [0.1, 0.15) is 23.2 Å². The second kappa shape index (κ2) is 6.33. The smallest absolute Gasteiger partial charge is 0.252 e. The molecular weight excluding hydrogens is 240 g/mol. The maximum absolute atomic E-state index is 11.9. The molecule has 1 atom stereocenters. The normalized spacial score (nSPS) is 19.3. The minimum Gasteiger partial charge on any atom is -0.384 e. The number of hydrogen-bond acceptors (Lipinski definition) is 4. The number of carbonyl (C=O) groups is 1. The fourth-order valence-electron chi connectivity index (χ4n) is 2.38. The molecule has 1 aliphatic rings. The lowest BCUT2D eigenvalue weighted by Crippen LogP contribution is -2.40. The molecule has 1 aromatic rings. The molecule has 1 aromatic heterocycles. The summed E-state index contributed by atoms with van der Waals surface area (Å²) in [7, 11) is 0. The van der Waals surface area contributed by atoms with E-state index in [1.54, 1.807) is 12.1 Å². The van der Waals surface area contributed by atoms with E-state index in [4.69, 9.17) is 5.73 Å². The lowest BCUT2D eigenvalue weighted by molar-refractivity contribution is 0.0942. The molecule has 0 aromatic carbocycles. The standard InChI is InChI=1S/C14H20N4O/c1-2-7-18-8-3-4-12(18)10-17-14(19)11-5-6-13(15)16-9-11/h2,5-6,9,12H,1,3-4,7-8,10H2,(H2,15,16)(H,17,19). The molecule has 102 valence electrons. The van der Waals surface area contributed by atoms with Gasteiger partial charge in [-0.3, -0.25) is 9.69 Å². The molecule has 1 fully saturated rings. The van der Waals surface area contributed by atoms with E-state index < -0.39 is 0 Å². The zero-order valence-corrected chi connectivity index (χ0v) is 11.0. The van der Waals surface area contributed by atoms with Gasteiger partial charge < -0.3 is 11.1 Å². The Hall–Kier alpha value is -1.88. The van der Waals surface area contributed by atoms with Crippen molar-refractivity contribution in [2.45, 2.75) is 18.9 Å². The van der Waals surface area contributed by atoms with E-state index in [0.29, 0.717) is 24.0 Å². The monoisotopic (exact) mass is 260 g/mol. The van der Waals surface area contributed by atoms with Crippen LogP contribution in [0.3, 0.4) is 0 Å². The number of amides is 1. The molecule has 0 saturated carbocycles. The van der Waals surface area contributed by atoms with Gasteiger partial charge in [0.15, 0.2) is 0 Å². The first-order valence-electron chi connectivity index (χ1n) is 6.55. The Bertz CT molecular complexity index is 443. The third kappa shape index (κ3) is 3.54. The van der Waals surface area contributed by atoms with Gasteiger partial charge >= 0.3 is 0 Å². The highest BCUT2D eigenvalue weighted by molar-refractivity contribution is 5.94. The molecule has 2 rings (SSSR count). The molecular formula is C14H20N4O. The van der Waals surface area contributed by atoms with Crippen LogP contribution in [-0.2, 0) is 0 Å². The summed E-state index contributed by atoms with van der Waals surface area (Å²) in [4.78, 5) is 18.2. The average Bonchev–Trinajstić information content (AvgIpc) is 2.85. The fourth-order valence-corrected chi connectivity index (χ4v) is 2.38. The van der Waals surface area contributed by atoms with Crippen LogP contribution >= 0.6 is 0 Å². The molecule has 1 amide bonds. The summed E-state index contributed by atoms with van der Waals surface area (Å²) in [5.74, 6) is 0.322. The third-order valence-corrected chi connectivity index (χ3v) is 3.41. The summed E-state index contributed by atoms with van der Waals surface area (Å²) in [6, 6.07) is 3.73. The van der Waals surface area contributed by atoms with Crippen LogP contribution in [0.5, 0.6) is 0 Å². The minimum absolute atomic E-state index is 0.0991. The molecule has 19 heavy (non-hydrogen) atoms. The van der Waals surface area contributed by atoms with Gasteiger partial charge in [-0.1, -0.05) is 6.08 Å². The van der Waals surface area contributed by atoms with Crippen molar-refractivity contribution in [1.82, 2.24) is 15.2 Å². The van der Waals surface area contributed by atoms with Gasteiger partial charge in [-0.25, -0.2) is 4.98 Å². The average molecular weight is 260 g/mol. The Morgan fingerprint density at radius 1 is 1.63 bits per heavy atom. The number of anilines is 1. The van der Waals surface area contributed by atoms with Gasteiger partial charge in [0.05, 0.1) is 5.56 Å². The van der Waals surface area contributed by atoms with E-state index in [1.807, 2.05) is 6.08 Å². The number of hydrogen-bond donors (Lipinski definition) is 2. The zero-order valence-electron chi connectivity index (χ0n) is 11.0. The first kappa shape index (κ1) is 13.5. The molecule has 1 saturated heterocycles. The molecule has 0 radical (unpaired) electrons. The lowest BCUT2D eigenvalue weighted by Gasteiger charge is -2.23. The predicted molar refractivity (Wildman–Crippen MR) is 75.8 cm³/mol. The highest BCUT2D eigenvalue weighted by Crippen LogP contribution is 2.16. The van der Waals surface area contributed by atoms with E-state index in [9.17, 15) is 4.79 Å². The van der Waals surface area contributed by atoms with E-state index in [2.05, 4.69) is 21.8 Å². The molecule has 1 unspecified atom stereocenters. The predicted octanol–water partition coefficient (Wildman–Crippen LogP) is 1.04. The van der Waals surface area contributed by atoms with Crippen LogP contribution in [-0.4, -0.2) is 41.5 Å². The molecule has 2 heterocycles. The summed E-state index contributed by atoms with van der Waals surface area (Å²) >= 11 is 0. The Balaban J connectivity index is 1.86. The Kier molecular flexibility index (Phi) is 4.52. The van der Waals surface area contributed by atoms with E-state index >= 15 is 0 Å². The number of nitrogens with one attached hydrogen (secondary N) is 1. The third-order valence-electron chi connectivity index (χ3n) is 3.41. The molecule has 0 bridgehead atoms. The fraction of sp³-hybridized carbons (Fsp3) is 0.429. The summed E-state index contributed by atoms with van der Waals surface area (Å²) in [5.41, 5.74) is 6.04. The topological polar surface area (TPSA) is 71.2 Å². The number of carbonyl (C=O) groups excluding carboxylic acids is 1. The number of nitrogens with zero attached hydrogens (tertiary/aromatic N) is 2. The Morgan fingerprint density at radius 2 is 2.47 bits per heavy atom. The number of nitrogen functional groups attached to an aromatic ring is 1. The van der Waals surface area contributed by atoms with Crippen LogP contribution in [0, 0.1) is 0 Å². The Labute approximate surface area is 113 Å². The lowest BCUT2D eigenvalue weighted by atomic mass is 10.2. The maximum atomic E-state index is 11.9. The largest absolute Gasteiger partial charge is 0.384 e. The van der Waals surface area contributed by atoms with Crippen LogP contribution in [0.25, 0.3) is 0 Å². The van der Waals surface area contributed by atoms with Crippen molar-refractivity contribution >= 4 is 11.7 Å². The SMILES string of the molecule is C=CCN1CCCC1CNC(=O)c1ccc(N)nc1. The van der Waals surface area contributed by atoms with Crippen molar-refractivity contribution in [2.24, 2.45) is 0 Å². The van der Waals surface area contributed by atoms with E-state index in [1.165, 1.54) is 12.6 Å². The highest BCUT2D eigenvalue weighted by Gasteiger charge is 2.23. The van der Waals surface area contributed by atoms with Gasteiger partial charge in [0.2, 0.25) is 0 Å². The van der Waals surface area contributed by atoms with Crippen LogP contribution in [0.4, 0.5) is 5.82 Å². The zero-order chi connectivity index (χ0) is 13.7. The first-order valence-corrected chi connectivity index (χ1v) is 6.55. The number of nitrogens with two attached hydrogens (primary N) is 1. The minimum atomic E-state index is -0.0991. The van der Waals surface area contributed by atoms with Crippen molar-refractivity contribution in [3.8, 4) is 0 Å². The molecule has 3 N–H and O–H groups in total. The number of likely N-dealkylation sites (tertiary alicyclic amines) is 1. The molecule has 5 nitrogen and oxygen atoms in total. The second-order valence-electron chi connectivity index (χ2n) is 4.76. The molecule has 1 aliphatic heterocycles. The highest BCUT2D eigenvalue weighted by atomic mass is 16.1. The van der Waals surface area contributed by atoms with Crippen molar-refractivity contribution in [3.05, 3.63) is 36.5 Å². The van der Waals surface area contributed by atoms with Gasteiger partial charge in [0.25, 0.3) is 5.91 Å². The first-order chi connectivity index (χ1) is 9.20. The number of rotatable bonds is 5. The van der Waals surface area contributed by atoms with Crippen molar-refractivity contribution in [3.63, 3.8) is 0 Å². The van der Waals surface area contributed by atoms with E-state index in [0.717, 1.165) is 19.5 Å². The quantitative estimate of drug-likeness (QED) is 0.776. The van der Waals surface area contributed by atoms with Gasteiger partial charge in [-0.15, -0.1) is 6.58 Å². The summed E-state index contributed by atoms with van der Waals surface area (Å²) in [5, 5.41) is 2.95. The van der Waals surface area contributed by atoms with Crippen LogP contribution in [0.15, 0.2) is 31.0 Å². The van der Waals surface area contributed by atoms with Gasteiger partial charge in [0.1, 0.15) is 5.82 Å². The van der Waals surface area contributed by atoms with Crippen LogP contribution in [0.2, 0.25) is 0 Å². The van der Waals surface area contributed by atoms with E-state index in [-0.39, 0.29) is 5.91 Å². The van der Waals surface area contributed by atoms with Crippen molar-refractivity contribution in [2.75, 3.05) is 25.4 Å². The van der Waals surface area contributed by atoms with Gasteiger partial charge in [-0.2, -0.15) is 0 Å². The number of pyridine rings is 1. The molecule has 5 heteroatoms. The van der Waals surface area contributed by atoms with Crippen molar-refractivity contribution < 1.29 is 4.79 Å². The summed E-state index contributed by atoms with van der Waals surface area (Å²) in [6.07, 6.45) is 5.71. The molecule has 0 spiro atoms. The van der Waals surface area contributed by atoms with Crippen LogP contribution < -0.4 is 11.1 Å². The Morgan fingerprint density at radius 3 is 3.16 bits per heavy atom. The summed E-state index contributed by atoms with van der Waals surface area (Å²) < 4.78 is 0. The second-order valence-corrected chi connectivity index (χ2v) is 4.76. The summed E-state index contributed by atoms with van der Waals surface area (Å²) in [6.45, 7) is 6.38. The van der Waals surface area contributed by atoms with Gasteiger partial charge in [-0.05, 0) is 31.5 Å². The van der Waals surface area contributed by atoms with Crippen molar-refractivity contribution in [1.29, 1.82) is 0 Å². The molecule has 0 aliphatic carbocycles. The number of aromatic nitrogens is 1. The maximum Gasteiger partial charge on any atom is 0.252 e.